The predicted octanol–water partition coefficient (Wildman–Crippen LogP) is 1.22. The van der Waals surface area contributed by atoms with Gasteiger partial charge in [-0.2, -0.15) is 4.98 Å². The van der Waals surface area contributed by atoms with Crippen LogP contribution in [0.1, 0.15) is 51.2 Å². The summed E-state index contributed by atoms with van der Waals surface area (Å²) in [4.78, 5) is 25.6. The van der Waals surface area contributed by atoms with Crippen LogP contribution < -0.4 is 10.6 Å². The highest BCUT2D eigenvalue weighted by molar-refractivity contribution is 14.0. The summed E-state index contributed by atoms with van der Waals surface area (Å²) in [6.07, 6.45) is 2.89. The smallest absolute Gasteiger partial charge is 0.234 e. The molecule has 1 aromatic heterocycles. The van der Waals surface area contributed by atoms with E-state index in [1.165, 1.54) is 0 Å². The van der Waals surface area contributed by atoms with E-state index >= 15 is 0 Å². The van der Waals surface area contributed by atoms with E-state index in [0.29, 0.717) is 31.4 Å². The third-order valence-corrected chi connectivity index (χ3v) is 4.90. The first-order chi connectivity index (χ1) is 13.5. The molecule has 0 bridgehead atoms. The number of hydrogen-bond donors (Lipinski definition) is 2. The second-order valence-corrected chi connectivity index (χ2v) is 7.79. The molecule has 0 aromatic carbocycles. The Labute approximate surface area is 190 Å². The fraction of sp³-hybridized carbons (Fsp3) is 0.789. The molecule has 0 radical (unpaired) electrons. The lowest BCUT2D eigenvalue weighted by molar-refractivity contribution is -0.122. The van der Waals surface area contributed by atoms with Gasteiger partial charge in [0, 0.05) is 51.1 Å². The van der Waals surface area contributed by atoms with Crippen molar-refractivity contribution in [1.82, 2.24) is 30.6 Å². The van der Waals surface area contributed by atoms with Crippen LogP contribution in [0.5, 0.6) is 0 Å². The van der Waals surface area contributed by atoms with E-state index < -0.39 is 0 Å². The first kappa shape index (κ1) is 23.8. The van der Waals surface area contributed by atoms with Crippen LogP contribution in [-0.2, 0) is 11.2 Å². The Hall–Kier alpha value is -1.43. The second kappa shape index (κ2) is 11.7. The van der Waals surface area contributed by atoms with Gasteiger partial charge in [0.15, 0.2) is 11.8 Å². The van der Waals surface area contributed by atoms with Gasteiger partial charge in [0.2, 0.25) is 11.8 Å². The molecule has 1 amide bonds. The van der Waals surface area contributed by atoms with Crippen molar-refractivity contribution >= 4 is 35.8 Å². The summed E-state index contributed by atoms with van der Waals surface area (Å²) in [7, 11) is 0. The highest BCUT2D eigenvalue weighted by Gasteiger charge is 2.25. The lowest BCUT2D eigenvalue weighted by Gasteiger charge is -2.36. The Morgan fingerprint density at radius 2 is 2.00 bits per heavy atom. The van der Waals surface area contributed by atoms with Gasteiger partial charge in [0.05, 0.1) is 13.1 Å². The van der Waals surface area contributed by atoms with E-state index in [4.69, 9.17) is 9.52 Å². The summed E-state index contributed by atoms with van der Waals surface area (Å²) in [6.45, 7) is 11.5. The number of rotatable bonds is 8. The van der Waals surface area contributed by atoms with E-state index in [0.717, 1.165) is 57.3 Å². The van der Waals surface area contributed by atoms with Crippen LogP contribution in [0.3, 0.4) is 0 Å². The molecule has 2 heterocycles. The zero-order valence-corrected chi connectivity index (χ0v) is 20.0. The number of carbonyl (C=O) groups is 1. The Balaban J connectivity index is 0.00000300. The molecule has 2 aliphatic rings. The molecule has 1 saturated heterocycles. The summed E-state index contributed by atoms with van der Waals surface area (Å²) in [5, 5.41) is 10.4. The van der Waals surface area contributed by atoms with Gasteiger partial charge in [-0.05, 0) is 19.8 Å². The average Bonchev–Trinajstić information content (AvgIpc) is 3.34. The van der Waals surface area contributed by atoms with Crippen LogP contribution in [0.2, 0.25) is 0 Å². The highest BCUT2D eigenvalue weighted by atomic mass is 127. The fourth-order valence-electron chi connectivity index (χ4n) is 3.11. The largest absolute Gasteiger partial charge is 0.357 e. The van der Waals surface area contributed by atoms with Crippen molar-refractivity contribution in [3.8, 4) is 0 Å². The van der Waals surface area contributed by atoms with Gasteiger partial charge >= 0.3 is 0 Å². The van der Waals surface area contributed by atoms with Crippen molar-refractivity contribution in [3.63, 3.8) is 0 Å². The van der Waals surface area contributed by atoms with Crippen LogP contribution in [0.15, 0.2) is 9.52 Å². The zero-order chi connectivity index (χ0) is 19.9. The van der Waals surface area contributed by atoms with E-state index in [1.54, 1.807) is 0 Å². The van der Waals surface area contributed by atoms with Gasteiger partial charge in [-0.25, -0.2) is 0 Å². The number of aromatic nitrogens is 2. The van der Waals surface area contributed by atoms with E-state index in [9.17, 15) is 4.79 Å². The Morgan fingerprint density at radius 1 is 1.28 bits per heavy atom. The van der Waals surface area contributed by atoms with Crippen LogP contribution in [0.25, 0.3) is 0 Å². The van der Waals surface area contributed by atoms with E-state index in [-0.39, 0.29) is 35.8 Å². The number of amides is 1. The standard InChI is InChI=1S/C19H33N7O2.HI/c1-4-20-19(21-8-7-17-23-18(14(2)3)24-28-17)26-11-9-25(10-12-26)13-16(27)22-15-5-6-15;/h14-15H,4-13H2,1-3H3,(H,20,21)(H,22,27);1H. The van der Waals surface area contributed by atoms with Crippen LogP contribution in [0, 0.1) is 0 Å². The van der Waals surface area contributed by atoms with Gasteiger partial charge in [0.25, 0.3) is 0 Å². The third kappa shape index (κ3) is 7.72. The SMILES string of the molecule is CCNC(=NCCc1nc(C(C)C)no1)N1CCN(CC(=O)NC2CC2)CC1.I. The fourth-order valence-corrected chi connectivity index (χ4v) is 3.11. The second-order valence-electron chi connectivity index (χ2n) is 7.79. The maximum atomic E-state index is 12.0. The molecule has 0 spiro atoms. The number of guanidine groups is 1. The molecule has 2 N–H and O–H groups in total. The van der Waals surface area contributed by atoms with Crippen molar-refractivity contribution in [3.05, 3.63) is 11.7 Å². The summed E-state index contributed by atoms with van der Waals surface area (Å²) < 4.78 is 5.29. The normalized spacial score (nSPS) is 17.9. The van der Waals surface area contributed by atoms with Crippen LogP contribution >= 0.6 is 24.0 Å². The molecule has 10 heteroatoms. The summed E-state index contributed by atoms with van der Waals surface area (Å²) in [5.74, 6) is 2.70. The van der Waals surface area contributed by atoms with Gasteiger partial charge in [-0.1, -0.05) is 19.0 Å². The highest BCUT2D eigenvalue weighted by Crippen LogP contribution is 2.18. The molecule has 0 unspecified atom stereocenters. The number of halogens is 1. The van der Waals surface area contributed by atoms with Gasteiger partial charge in [0.1, 0.15) is 0 Å². The zero-order valence-electron chi connectivity index (χ0n) is 17.7. The third-order valence-electron chi connectivity index (χ3n) is 4.90. The first-order valence-corrected chi connectivity index (χ1v) is 10.4. The van der Waals surface area contributed by atoms with Crippen LogP contribution in [-0.4, -0.2) is 83.7 Å². The topological polar surface area (TPSA) is 98.9 Å². The molecule has 9 nitrogen and oxygen atoms in total. The van der Waals surface area contributed by atoms with Crippen LogP contribution in [0.4, 0.5) is 0 Å². The molecule has 1 aromatic rings. The Kier molecular flexibility index (Phi) is 9.60. The lowest BCUT2D eigenvalue weighted by Crippen LogP contribution is -2.54. The minimum absolute atomic E-state index is 0. The minimum atomic E-state index is 0. The summed E-state index contributed by atoms with van der Waals surface area (Å²) in [5.41, 5.74) is 0. The molecule has 1 aliphatic carbocycles. The number of aliphatic imine (C=N–C) groups is 1. The number of carbonyl (C=O) groups excluding carboxylic acids is 1. The first-order valence-electron chi connectivity index (χ1n) is 10.4. The number of piperazine rings is 1. The molecular formula is C19H34IN7O2. The van der Waals surface area contributed by atoms with Crippen molar-refractivity contribution in [2.75, 3.05) is 45.8 Å². The van der Waals surface area contributed by atoms with Crippen molar-refractivity contribution in [2.24, 2.45) is 4.99 Å². The van der Waals surface area contributed by atoms with Gasteiger partial charge in [-0.15, -0.1) is 24.0 Å². The predicted molar refractivity (Wildman–Crippen MR) is 123 cm³/mol. The van der Waals surface area contributed by atoms with E-state index in [2.05, 4.69) is 37.5 Å². The average molecular weight is 519 g/mol. The van der Waals surface area contributed by atoms with Crippen molar-refractivity contribution in [2.45, 2.75) is 52.0 Å². The van der Waals surface area contributed by atoms with Crippen molar-refractivity contribution < 1.29 is 9.32 Å². The molecular weight excluding hydrogens is 485 g/mol. The maximum absolute atomic E-state index is 12.0. The Morgan fingerprint density at radius 3 is 2.59 bits per heavy atom. The Bertz CT molecular complexity index is 667. The number of hydrogen-bond acceptors (Lipinski definition) is 6. The molecule has 29 heavy (non-hydrogen) atoms. The monoisotopic (exact) mass is 519 g/mol. The summed E-state index contributed by atoms with van der Waals surface area (Å²) >= 11 is 0. The molecule has 3 rings (SSSR count). The quantitative estimate of drug-likeness (QED) is 0.303. The minimum Gasteiger partial charge on any atom is -0.357 e. The summed E-state index contributed by atoms with van der Waals surface area (Å²) in [6, 6.07) is 0.428. The molecule has 1 saturated carbocycles. The maximum Gasteiger partial charge on any atom is 0.234 e. The molecule has 2 fully saturated rings. The van der Waals surface area contributed by atoms with Gasteiger partial charge < -0.3 is 20.1 Å². The molecule has 164 valence electrons. The number of nitrogens with one attached hydrogen (secondary N) is 2. The van der Waals surface area contributed by atoms with Gasteiger partial charge in [-0.3, -0.25) is 14.7 Å². The number of nitrogens with zero attached hydrogens (tertiary/aromatic N) is 5. The lowest BCUT2D eigenvalue weighted by atomic mass is 10.2. The molecule has 1 aliphatic heterocycles. The van der Waals surface area contributed by atoms with E-state index in [1.807, 2.05) is 13.8 Å². The van der Waals surface area contributed by atoms with Crippen molar-refractivity contribution in [1.29, 1.82) is 0 Å². The molecule has 0 atom stereocenters.